The van der Waals surface area contributed by atoms with E-state index in [1.165, 1.54) is 50.7 Å². The van der Waals surface area contributed by atoms with Gasteiger partial charge in [0.15, 0.2) is 0 Å². The number of nitriles is 1. The standard InChI is InChI=1S/C68H65NO4/c1-48(2)17-14-19-50(5)39-41-72-66-46-57(67(73-42-40-51(6)20-15-18-49(3)4)45-56(66)34-31-52-21-8-7-9-22-52)36-38-65-62-27-12-10-25-60(62)64(61-26-11-13-28-63(61)65)37-35-55-33-32-54(44-59(55)47-69)30-29-53-23-16-24-58(43-53)68(70)71/h7-13,16,21-28,32-33,43-46,48-51H,14-15,17-20,39-42H2,1-6H3,(H,70,71)/t50-,51-/m0/s1. The quantitative estimate of drug-likeness (QED) is 0.0727. The van der Waals surface area contributed by atoms with E-state index in [9.17, 15) is 15.2 Å². The third-order valence-electron chi connectivity index (χ3n) is 13.1. The van der Waals surface area contributed by atoms with E-state index in [0.717, 1.165) is 62.2 Å². The molecule has 0 saturated carbocycles. The zero-order chi connectivity index (χ0) is 51.5. The summed E-state index contributed by atoms with van der Waals surface area (Å²) in [4.78, 5) is 11.5. The summed E-state index contributed by atoms with van der Waals surface area (Å²) in [5.74, 6) is 29.7. The van der Waals surface area contributed by atoms with Gasteiger partial charge in [0.05, 0.1) is 35.5 Å². The number of benzene rings is 7. The Morgan fingerprint density at radius 2 is 0.904 bits per heavy atom. The Bertz CT molecular complexity index is 3310. The Balaban J connectivity index is 1.27. The Morgan fingerprint density at radius 1 is 0.452 bits per heavy atom. The first kappa shape index (κ1) is 52.7. The van der Waals surface area contributed by atoms with Gasteiger partial charge in [0.2, 0.25) is 0 Å². The molecule has 73 heavy (non-hydrogen) atoms. The van der Waals surface area contributed by atoms with Crippen LogP contribution >= 0.6 is 0 Å². The van der Waals surface area contributed by atoms with Crippen LogP contribution < -0.4 is 9.47 Å². The summed E-state index contributed by atoms with van der Waals surface area (Å²) in [5.41, 5.74) is 6.47. The smallest absolute Gasteiger partial charge is 0.335 e. The van der Waals surface area contributed by atoms with E-state index >= 15 is 0 Å². The van der Waals surface area contributed by atoms with Gasteiger partial charge in [-0.25, -0.2) is 4.79 Å². The number of aromatic carboxylic acids is 1. The fourth-order valence-corrected chi connectivity index (χ4v) is 8.79. The molecule has 0 saturated heterocycles. The zero-order valence-corrected chi connectivity index (χ0v) is 43.2. The predicted molar refractivity (Wildman–Crippen MR) is 299 cm³/mol. The van der Waals surface area contributed by atoms with Crippen molar-refractivity contribution in [2.75, 3.05) is 13.2 Å². The van der Waals surface area contributed by atoms with Crippen molar-refractivity contribution in [3.8, 4) is 64.9 Å². The first-order valence-corrected chi connectivity index (χ1v) is 25.8. The minimum Gasteiger partial charge on any atom is -0.492 e. The maximum absolute atomic E-state index is 11.5. The van der Waals surface area contributed by atoms with E-state index in [-0.39, 0.29) is 5.56 Å². The van der Waals surface area contributed by atoms with Crippen molar-refractivity contribution in [1.29, 1.82) is 5.26 Å². The van der Waals surface area contributed by atoms with Gasteiger partial charge in [0.25, 0.3) is 0 Å². The summed E-state index contributed by atoms with van der Waals surface area (Å²) in [6.45, 7) is 14.9. The molecule has 1 N–H and O–H groups in total. The van der Waals surface area contributed by atoms with Crippen molar-refractivity contribution in [3.05, 3.63) is 189 Å². The molecule has 2 atom stereocenters. The van der Waals surface area contributed by atoms with Gasteiger partial charge in [-0.15, -0.1) is 0 Å². The lowest BCUT2D eigenvalue weighted by Crippen LogP contribution is -2.08. The van der Waals surface area contributed by atoms with Gasteiger partial charge in [-0.05, 0) is 107 Å². The Kier molecular flexibility index (Phi) is 19.0. The second-order valence-electron chi connectivity index (χ2n) is 19.9. The molecule has 0 heterocycles. The molecule has 7 rings (SSSR count). The minimum absolute atomic E-state index is 0.163. The largest absolute Gasteiger partial charge is 0.492 e. The van der Waals surface area contributed by atoms with Gasteiger partial charge in [0, 0.05) is 45.5 Å². The summed E-state index contributed by atoms with van der Waals surface area (Å²) in [6.07, 6.45) is 9.10. The number of ether oxygens (including phenoxy) is 2. The second kappa shape index (κ2) is 26.3. The number of hydrogen-bond acceptors (Lipinski definition) is 4. The molecule has 7 aromatic carbocycles. The number of carboxylic acids is 1. The van der Waals surface area contributed by atoms with Crippen molar-refractivity contribution in [2.24, 2.45) is 23.7 Å². The maximum Gasteiger partial charge on any atom is 0.335 e. The van der Waals surface area contributed by atoms with Crippen molar-refractivity contribution in [1.82, 2.24) is 0 Å². The van der Waals surface area contributed by atoms with Crippen molar-refractivity contribution >= 4 is 27.5 Å². The van der Waals surface area contributed by atoms with Gasteiger partial charge < -0.3 is 14.6 Å². The molecular weight excluding hydrogens is 895 g/mol. The topological polar surface area (TPSA) is 79.5 Å². The summed E-state index contributed by atoms with van der Waals surface area (Å²) in [6, 6.07) is 44.6. The lowest BCUT2D eigenvalue weighted by Gasteiger charge is -2.17. The van der Waals surface area contributed by atoms with Crippen LogP contribution in [-0.4, -0.2) is 24.3 Å². The average Bonchev–Trinajstić information content (AvgIpc) is 3.39. The van der Waals surface area contributed by atoms with Gasteiger partial charge in [-0.3, -0.25) is 0 Å². The first-order chi connectivity index (χ1) is 35.4. The molecule has 0 aromatic heterocycles. The molecule has 0 aliphatic carbocycles. The molecule has 0 bridgehead atoms. The van der Waals surface area contributed by atoms with Gasteiger partial charge in [0.1, 0.15) is 17.6 Å². The molecule has 5 nitrogen and oxygen atoms in total. The summed E-state index contributed by atoms with van der Waals surface area (Å²) in [7, 11) is 0. The summed E-state index contributed by atoms with van der Waals surface area (Å²) < 4.78 is 13.4. The molecule has 366 valence electrons. The van der Waals surface area contributed by atoms with Crippen molar-refractivity contribution < 1.29 is 19.4 Å². The van der Waals surface area contributed by atoms with E-state index in [1.54, 1.807) is 18.2 Å². The zero-order valence-electron chi connectivity index (χ0n) is 43.2. The third-order valence-corrected chi connectivity index (χ3v) is 13.1. The van der Waals surface area contributed by atoms with E-state index in [4.69, 9.17) is 9.47 Å². The fraction of sp³-hybridized carbons (Fsp3) is 0.294. The van der Waals surface area contributed by atoms with Crippen LogP contribution in [0.5, 0.6) is 11.5 Å². The van der Waals surface area contributed by atoms with Crippen LogP contribution in [0.3, 0.4) is 0 Å². The lowest BCUT2D eigenvalue weighted by atomic mass is 9.91. The van der Waals surface area contributed by atoms with E-state index < -0.39 is 5.97 Å². The molecule has 0 aliphatic heterocycles. The first-order valence-electron chi connectivity index (χ1n) is 25.8. The molecule has 0 spiro atoms. The van der Waals surface area contributed by atoms with Crippen LogP contribution in [0, 0.1) is 82.4 Å². The summed E-state index contributed by atoms with van der Waals surface area (Å²) >= 11 is 0. The highest BCUT2D eigenvalue weighted by molar-refractivity contribution is 6.10. The third kappa shape index (κ3) is 15.2. The molecule has 0 radical (unpaired) electrons. The van der Waals surface area contributed by atoms with E-state index in [2.05, 4.69) is 119 Å². The fourth-order valence-electron chi connectivity index (χ4n) is 8.79. The molecule has 5 heteroatoms. The van der Waals surface area contributed by atoms with E-state index in [0.29, 0.717) is 70.6 Å². The molecular formula is C68H65NO4. The number of carbonyl (C=O) groups is 1. The van der Waals surface area contributed by atoms with E-state index in [1.807, 2.05) is 78.9 Å². The SMILES string of the molecule is CC(C)CCC[C@H](C)CCOc1cc(C#Cc2c3ccccc3c(C#Cc3ccc(C#Cc4cccc(C(=O)O)c4)cc3C#N)c3ccccc23)c(OCC[C@@H](C)CCCC(C)C)cc1C#Cc1ccccc1. The molecule has 0 fully saturated rings. The lowest BCUT2D eigenvalue weighted by molar-refractivity contribution is 0.0696. The van der Waals surface area contributed by atoms with Crippen LogP contribution in [-0.2, 0) is 0 Å². The molecule has 0 aliphatic rings. The van der Waals surface area contributed by atoms with Gasteiger partial charge in [-0.1, -0.05) is 200 Å². The molecule has 0 unspecified atom stereocenters. The Morgan fingerprint density at radius 3 is 1.40 bits per heavy atom. The average molecular weight is 960 g/mol. The normalized spacial score (nSPS) is 11.5. The Labute approximate surface area is 434 Å². The van der Waals surface area contributed by atoms with Crippen molar-refractivity contribution in [3.63, 3.8) is 0 Å². The number of fused-ring (bicyclic) bond motifs is 2. The number of rotatable bonds is 17. The van der Waals surface area contributed by atoms with Gasteiger partial charge in [-0.2, -0.15) is 5.26 Å². The van der Waals surface area contributed by atoms with Crippen molar-refractivity contribution in [2.45, 2.75) is 92.9 Å². The minimum atomic E-state index is -1.01. The Hall–Kier alpha value is -8.14. The van der Waals surface area contributed by atoms with Gasteiger partial charge >= 0.3 is 5.97 Å². The van der Waals surface area contributed by atoms with Crippen LogP contribution in [0.1, 0.15) is 153 Å². The van der Waals surface area contributed by atoms with Crippen LogP contribution in [0.25, 0.3) is 21.5 Å². The highest BCUT2D eigenvalue weighted by Gasteiger charge is 2.16. The van der Waals surface area contributed by atoms with Crippen LogP contribution in [0.2, 0.25) is 0 Å². The predicted octanol–water partition coefficient (Wildman–Crippen LogP) is 15.6. The monoisotopic (exact) mass is 959 g/mol. The summed E-state index contributed by atoms with van der Waals surface area (Å²) in [5, 5.41) is 23.5. The highest BCUT2D eigenvalue weighted by Crippen LogP contribution is 2.34. The van der Waals surface area contributed by atoms with Crippen LogP contribution in [0.15, 0.2) is 133 Å². The number of hydrogen-bond donors (Lipinski definition) is 1. The second-order valence-corrected chi connectivity index (χ2v) is 19.9. The molecule has 0 amide bonds. The highest BCUT2D eigenvalue weighted by atomic mass is 16.5. The maximum atomic E-state index is 11.5. The number of carboxylic acid groups (broad SMARTS) is 1. The number of nitrogens with zero attached hydrogens (tertiary/aromatic N) is 1. The molecule has 7 aromatic rings. The van der Waals surface area contributed by atoms with Crippen LogP contribution in [0.4, 0.5) is 0 Å².